The number of benzene rings is 1. The molecule has 0 saturated heterocycles. The first kappa shape index (κ1) is 16.7. The van der Waals surface area contributed by atoms with E-state index in [1.807, 2.05) is 55.5 Å². The molecule has 2 heterocycles. The van der Waals surface area contributed by atoms with Gasteiger partial charge in [0.2, 0.25) is 0 Å². The molecule has 0 saturated carbocycles. The number of methoxy groups -OCH3 is 1. The normalized spacial score (nSPS) is 10.3. The van der Waals surface area contributed by atoms with Gasteiger partial charge in [-0.2, -0.15) is 0 Å². The lowest BCUT2D eigenvalue weighted by Gasteiger charge is -2.12. The lowest BCUT2D eigenvalue weighted by molar-refractivity contribution is 0.410. The lowest BCUT2D eigenvalue weighted by atomic mass is 10.2. The number of hydrogen-bond acceptors (Lipinski definition) is 6. The van der Waals surface area contributed by atoms with Crippen molar-refractivity contribution in [1.29, 1.82) is 0 Å². The molecule has 0 fully saturated rings. The van der Waals surface area contributed by atoms with Crippen LogP contribution in [0.2, 0.25) is 0 Å². The zero-order valence-corrected chi connectivity index (χ0v) is 14.4. The van der Waals surface area contributed by atoms with Gasteiger partial charge in [0, 0.05) is 24.4 Å². The first-order chi connectivity index (χ1) is 12.2. The van der Waals surface area contributed by atoms with E-state index in [1.54, 1.807) is 13.3 Å². The number of aromatic nitrogens is 3. The van der Waals surface area contributed by atoms with E-state index in [-0.39, 0.29) is 0 Å². The topological polar surface area (TPSA) is 72.0 Å². The molecule has 0 aliphatic heterocycles. The fraction of sp³-hybridized carbons (Fsp3) is 0.211. The molecule has 0 radical (unpaired) electrons. The van der Waals surface area contributed by atoms with E-state index in [9.17, 15) is 0 Å². The maximum atomic E-state index is 5.38. The van der Waals surface area contributed by atoms with Crippen LogP contribution in [-0.4, -0.2) is 22.1 Å². The van der Waals surface area contributed by atoms with Crippen LogP contribution in [0.25, 0.3) is 0 Å². The third kappa shape index (κ3) is 4.67. The molecular formula is C19H21N5O. The van der Waals surface area contributed by atoms with Gasteiger partial charge < -0.3 is 15.4 Å². The maximum absolute atomic E-state index is 5.38. The summed E-state index contributed by atoms with van der Waals surface area (Å²) in [4.78, 5) is 13.2. The van der Waals surface area contributed by atoms with Crippen LogP contribution >= 0.6 is 0 Å². The Morgan fingerprint density at radius 3 is 2.36 bits per heavy atom. The molecule has 0 amide bonds. The molecule has 0 aliphatic rings. The summed E-state index contributed by atoms with van der Waals surface area (Å²) < 4.78 is 5.38. The average Bonchev–Trinajstić information content (AvgIpc) is 2.65. The van der Waals surface area contributed by atoms with E-state index in [0.29, 0.717) is 18.9 Å². The molecule has 3 rings (SSSR count). The number of nitrogens with zero attached hydrogens (tertiary/aromatic N) is 3. The van der Waals surface area contributed by atoms with Gasteiger partial charge in [0.1, 0.15) is 23.2 Å². The number of aryl methyl sites for hydroxylation is 1. The summed E-state index contributed by atoms with van der Waals surface area (Å²) in [6, 6.07) is 15.7. The molecule has 25 heavy (non-hydrogen) atoms. The Morgan fingerprint density at radius 1 is 0.920 bits per heavy atom. The molecular weight excluding hydrogens is 314 g/mol. The quantitative estimate of drug-likeness (QED) is 0.689. The van der Waals surface area contributed by atoms with Gasteiger partial charge in [0.25, 0.3) is 0 Å². The van der Waals surface area contributed by atoms with Crippen molar-refractivity contribution >= 4 is 11.6 Å². The first-order valence-corrected chi connectivity index (χ1v) is 8.10. The first-order valence-electron chi connectivity index (χ1n) is 8.10. The van der Waals surface area contributed by atoms with Gasteiger partial charge >= 0.3 is 0 Å². The summed E-state index contributed by atoms with van der Waals surface area (Å²) in [6.07, 6.45) is 1.78. The van der Waals surface area contributed by atoms with E-state index in [1.165, 1.54) is 0 Å². The van der Waals surface area contributed by atoms with Gasteiger partial charge in [-0.05, 0) is 25.1 Å². The Labute approximate surface area is 147 Å². The monoisotopic (exact) mass is 335 g/mol. The lowest BCUT2D eigenvalue weighted by Crippen LogP contribution is -2.08. The second-order valence-electron chi connectivity index (χ2n) is 5.53. The van der Waals surface area contributed by atoms with Crippen molar-refractivity contribution in [2.24, 2.45) is 0 Å². The minimum Gasteiger partial charge on any atom is -0.496 e. The van der Waals surface area contributed by atoms with Gasteiger partial charge in [0.15, 0.2) is 0 Å². The van der Waals surface area contributed by atoms with Crippen LogP contribution in [0, 0.1) is 6.92 Å². The van der Waals surface area contributed by atoms with Crippen LogP contribution in [0.5, 0.6) is 5.75 Å². The predicted octanol–water partition coefficient (Wildman–Crippen LogP) is 3.41. The van der Waals surface area contributed by atoms with Crippen molar-refractivity contribution < 1.29 is 4.74 Å². The van der Waals surface area contributed by atoms with Gasteiger partial charge in [-0.15, -0.1) is 0 Å². The van der Waals surface area contributed by atoms with Crippen molar-refractivity contribution in [2.45, 2.75) is 20.0 Å². The molecule has 2 aromatic heterocycles. The zero-order valence-electron chi connectivity index (χ0n) is 14.4. The highest BCUT2D eigenvalue weighted by Crippen LogP contribution is 2.19. The summed E-state index contributed by atoms with van der Waals surface area (Å²) in [7, 11) is 1.67. The molecule has 2 N–H and O–H groups in total. The largest absolute Gasteiger partial charge is 0.496 e. The molecule has 0 unspecified atom stereocenters. The Kier molecular flexibility index (Phi) is 5.41. The highest BCUT2D eigenvalue weighted by Gasteiger charge is 2.05. The van der Waals surface area contributed by atoms with Crippen LogP contribution in [0.15, 0.2) is 54.7 Å². The van der Waals surface area contributed by atoms with Crippen molar-refractivity contribution in [3.8, 4) is 5.75 Å². The van der Waals surface area contributed by atoms with E-state index in [4.69, 9.17) is 4.74 Å². The molecule has 0 aliphatic carbocycles. The predicted molar refractivity (Wildman–Crippen MR) is 98.7 cm³/mol. The average molecular weight is 335 g/mol. The summed E-state index contributed by atoms with van der Waals surface area (Å²) >= 11 is 0. The van der Waals surface area contributed by atoms with Crippen molar-refractivity contribution in [1.82, 2.24) is 15.0 Å². The number of para-hydroxylation sites is 1. The zero-order chi connectivity index (χ0) is 17.5. The number of ether oxygens (including phenoxy) is 1. The molecule has 6 heteroatoms. The number of pyridine rings is 1. The molecule has 128 valence electrons. The molecule has 6 nitrogen and oxygen atoms in total. The van der Waals surface area contributed by atoms with Gasteiger partial charge in [0.05, 0.1) is 19.3 Å². The van der Waals surface area contributed by atoms with Gasteiger partial charge in [-0.3, -0.25) is 4.98 Å². The molecule has 0 spiro atoms. The van der Waals surface area contributed by atoms with Crippen molar-refractivity contribution in [3.63, 3.8) is 0 Å². The number of nitrogens with one attached hydrogen (secondary N) is 2. The van der Waals surface area contributed by atoms with E-state index >= 15 is 0 Å². The highest BCUT2D eigenvalue weighted by atomic mass is 16.5. The Balaban J connectivity index is 1.67. The summed E-state index contributed by atoms with van der Waals surface area (Å²) in [6.45, 7) is 3.11. The van der Waals surface area contributed by atoms with E-state index in [0.717, 1.165) is 28.6 Å². The summed E-state index contributed by atoms with van der Waals surface area (Å²) in [5, 5.41) is 6.61. The fourth-order valence-electron chi connectivity index (χ4n) is 2.47. The van der Waals surface area contributed by atoms with Crippen LogP contribution in [0.3, 0.4) is 0 Å². The summed E-state index contributed by atoms with van der Waals surface area (Å²) in [5.74, 6) is 3.09. The highest BCUT2D eigenvalue weighted by molar-refractivity contribution is 5.48. The standard InChI is InChI=1S/C19H21N5O/c1-14-23-18(21-12-15-7-3-4-9-17(15)25-2)11-19(24-14)22-13-16-8-5-6-10-20-16/h3-11H,12-13H2,1-2H3,(H2,21,22,23,24). The fourth-order valence-corrected chi connectivity index (χ4v) is 2.47. The molecule has 0 bridgehead atoms. The Hall–Kier alpha value is -3.15. The number of anilines is 2. The Morgan fingerprint density at radius 2 is 1.64 bits per heavy atom. The third-order valence-electron chi connectivity index (χ3n) is 3.67. The van der Waals surface area contributed by atoms with Crippen molar-refractivity contribution in [3.05, 3.63) is 71.8 Å². The molecule has 0 atom stereocenters. The molecule has 3 aromatic rings. The van der Waals surface area contributed by atoms with Crippen LogP contribution in [0.1, 0.15) is 17.1 Å². The second kappa shape index (κ2) is 8.10. The minimum absolute atomic E-state index is 0.614. The van der Waals surface area contributed by atoms with Crippen LogP contribution < -0.4 is 15.4 Å². The second-order valence-corrected chi connectivity index (χ2v) is 5.53. The summed E-state index contributed by atoms with van der Waals surface area (Å²) in [5.41, 5.74) is 2.03. The Bertz CT molecular complexity index is 823. The van der Waals surface area contributed by atoms with E-state index in [2.05, 4.69) is 25.6 Å². The number of rotatable bonds is 7. The van der Waals surface area contributed by atoms with Gasteiger partial charge in [-0.25, -0.2) is 9.97 Å². The minimum atomic E-state index is 0.614. The number of hydrogen-bond donors (Lipinski definition) is 2. The van der Waals surface area contributed by atoms with E-state index < -0.39 is 0 Å². The van der Waals surface area contributed by atoms with Crippen molar-refractivity contribution in [2.75, 3.05) is 17.7 Å². The van der Waals surface area contributed by atoms with Gasteiger partial charge in [-0.1, -0.05) is 24.3 Å². The third-order valence-corrected chi connectivity index (χ3v) is 3.67. The smallest absolute Gasteiger partial charge is 0.132 e. The SMILES string of the molecule is COc1ccccc1CNc1cc(NCc2ccccn2)nc(C)n1. The van der Waals surface area contributed by atoms with Crippen LogP contribution in [0.4, 0.5) is 11.6 Å². The maximum Gasteiger partial charge on any atom is 0.132 e. The van der Waals surface area contributed by atoms with Crippen LogP contribution in [-0.2, 0) is 13.1 Å². The molecule has 1 aromatic carbocycles.